The van der Waals surface area contributed by atoms with Gasteiger partial charge in [-0.25, -0.2) is 9.59 Å². The first-order valence-electron chi connectivity index (χ1n) is 7.10. The van der Waals surface area contributed by atoms with Crippen LogP contribution in [-0.2, 0) is 23.9 Å². The van der Waals surface area contributed by atoms with E-state index in [-0.39, 0.29) is 12.3 Å². The van der Waals surface area contributed by atoms with E-state index in [9.17, 15) is 19.2 Å². The van der Waals surface area contributed by atoms with Gasteiger partial charge in [-0.05, 0) is 18.6 Å². The number of amides is 3. The number of carbonyl (C=O) groups excluding carboxylic acids is 4. The van der Waals surface area contributed by atoms with Crippen molar-refractivity contribution in [2.75, 3.05) is 13.2 Å². The average molecular weight is 334 g/mol. The number of esters is 1. The smallest absolute Gasteiger partial charge is 0.413 e. The zero-order valence-electron chi connectivity index (χ0n) is 13.3. The number of hydrogen-bond donors (Lipinski definition) is 2. The lowest BCUT2D eigenvalue weighted by Crippen LogP contribution is -2.35. The lowest BCUT2D eigenvalue weighted by molar-refractivity contribution is -0.145. The molecule has 0 unspecified atom stereocenters. The van der Waals surface area contributed by atoms with E-state index in [2.05, 4.69) is 10.1 Å². The molecule has 0 saturated heterocycles. The second-order valence-corrected chi connectivity index (χ2v) is 4.49. The van der Waals surface area contributed by atoms with Crippen LogP contribution in [0.3, 0.4) is 0 Å². The van der Waals surface area contributed by atoms with E-state index in [1.54, 1.807) is 37.3 Å². The Morgan fingerprint density at radius 3 is 2.29 bits per heavy atom. The van der Waals surface area contributed by atoms with Crippen molar-refractivity contribution in [3.05, 3.63) is 41.6 Å². The van der Waals surface area contributed by atoms with Gasteiger partial charge in [-0.2, -0.15) is 0 Å². The molecule has 3 amide bonds. The number of carbonyl (C=O) groups is 4. The van der Waals surface area contributed by atoms with Crippen molar-refractivity contribution in [3.63, 3.8) is 0 Å². The number of benzene rings is 1. The molecule has 0 bridgehead atoms. The second-order valence-electron chi connectivity index (χ2n) is 4.49. The summed E-state index contributed by atoms with van der Waals surface area (Å²) in [5.41, 5.74) is 0.534. The topological polar surface area (TPSA) is 111 Å². The highest BCUT2D eigenvalue weighted by Gasteiger charge is 2.16. The van der Waals surface area contributed by atoms with Crippen LogP contribution in [0.15, 0.2) is 36.0 Å². The number of hydrogen-bond acceptors (Lipinski definition) is 6. The van der Waals surface area contributed by atoms with Gasteiger partial charge in [0.15, 0.2) is 6.61 Å². The summed E-state index contributed by atoms with van der Waals surface area (Å²) in [5, 5.41) is 4.22. The molecule has 0 radical (unpaired) electrons. The van der Waals surface area contributed by atoms with Gasteiger partial charge in [-0.15, -0.1) is 0 Å². The van der Waals surface area contributed by atoms with Gasteiger partial charge in [0.25, 0.3) is 5.91 Å². The van der Waals surface area contributed by atoms with E-state index in [0.29, 0.717) is 5.56 Å². The van der Waals surface area contributed by atoms with Crippen molar-refractivity contribution in [2.45, 2.75) is 13.8 Å². The predicted octanol–water partition coefficient (Wildman–Crippen LogP) is 0.979. The number of alkyl carbamates (subject to hydrolysis) is 1. The van der Waals surface area contributed by atoms with E-state index < -0.39 is 30.5 Å². The van der Waals surface area contributed by atoms with Gasteiger partial charge in [0.1, 0.15) is 5.70 Å². The molecule has 0 aliphatic heterocycles. The third kappa shape index (κ3) is 7.21. The summed E-state index contributed by atoms with van der Waals surface area (Å²) in [4.78, 5) is 45.7. The summed E-state index contributed by atoms with van der Waals surface area (Å²) < 4.78 is 9.30. The molecule has 0 aliphatic rings. The Labute approximate surface area is 138 Å². The fourth-order valence-electron chi connectivity index (χ4n) is 1.58. The molecule has 8 heteroatoms. The SMILES string of the molecule is CCOC(=O)NC(=O)COC(=O)/C(=C/c1ccccc1)NC(C)=O. The van der Waals surface area contributed by atoms with Crippen LogP contribution >= 0.6 is 0 Å². The van der Waals surface area contributed by atoms with Crippen LogP contribution < -0.4 is 10.6 Å². The van der Waals surface area contributed by atoms with Gasteiger partial charge in [0, 0.05) is 6.92 Å². The molecule has 1 rings (SSSR count). The van der Waals surface area contributed by atoms with Crippen LogP contribution in [0.25, 0.3) is 6.08 Å². The quantitative estimate of drug-likeness (QED) is 0.592. The van der Waals surface area contributed by atoms with Crippen LogP contribution in [-0.4, -0.2) is 37.1 Å². The Morgan fingerprint density at radius 1 is 1.04 bits per heavy atom. The number of rotatable bonds is 6. The van der Waals surface area contributed by atoms with Crippen molar-refractivity contribution >= 4 is 30.0 Å². The second kappa shape index (κ2) is 9.78. The van der Waals surface area contributed by atoms with E-state index in [4.69, 9.17) is 4.74 Å². The van der Waals surface area contributed by atoms with Gasteiger partial charge >= 0.3 is 12.1 Å². The van der Waals surface area contributed by atoms with Crippen molar-refractivity contribution in [1.82, 2.24) is 10.6 Å². The lowest BCUT2D eigenvalue weighted by atomic mass is 10.2. The fraction of sp³-hybridized carbons (Fsp3) is 0.250. The molecular formula is C16H18N2O6. The molecule has 0 aromatic heterocycles. The summed E-state index contributed by atoms with van der Waals surface area (Å²) in [5.74, 6) is -2.22. The van der Waals surface area contributed by atoms with Gasteiger partial charge in [0.2, 0.25) is 5.91 Å². The fourth-order valence-corrected chi connectivity index (χ4v) is 1.58. The Hall–Kier alpha value is -3.16. The molecule has 24 heavy (non-hydrogen) atoms. The molecule has 0 atom stereocenters. The maximum Gasteiger partial charge on any atom is 0.413 e. The highest BCUT2D eigenvalue weighted by atomic mass is 16.6. The summed E-state index contributed by atoms with van der Waals surface area (Å²) >= 11 is 0. The van der Waals surface area contributed by atoms with Crippen LogP contribution in [0.2, 0.25) is 0 Å². The maximum atomic E-state index is 12.0. The molecular weight excluding hydrogens is 316 g/mol. The standard InChI is InChI=1S/C16H18N2O6/c1-3-23-16(22)18-14(20)10-24-15(21)13(17-11(2)19)9-12-7-5-4-6-8-12/h4-9H,3,10H2,1-2H3,(H,17,19)(H,18,20,22)/b13-9-. The first-order valence-corrected chi connectivity index (χ1v) is 7.10. The van der Waals surface area contributed by atoms with Crippen LogP contribution in [0, 0.1) is 0 Å². The zero-order valence-corrected chi connectivity index (χ0v) is 13.3. The molecule has 1 aromatic carbocycles. The minimum Gasteiger partial charge on any atom is -0.451 e. The van der Waals surface area contributed by atoms with Crippen molar-refractivity contribution in [3.8, 4) is 0 Å². The third-order valence-electron chi connectivity index (χ3n) is 2.49. The van der Waals surface area contributed by atoms with Crippen molar-refractivity contribution < 1.29 is 28.7 Å². The Balaban J connectivity index is 2.69. The molecule has 0 heterocycles. The normalized spacial score (nSPS) is 10.5. The van der Waals surface area contributed by atoms with E-state index in [1.165, 1.54) is 13.0 Å². The Morgan fingerprint density at radius 2 is 1.71 bits per heavy atom. The molecule has 2 N–H and O–H groups in total. The first kappa shape index (κ1) is 18.9. The van der Waals surface area contributed by atoms with E-state index in [0.717, 1.165) is 0 Å². The monoisotopic (exact) mass is 334 g/mol. The predicted molar refractivity (Wildman–Crippen MR) is 84.4 cm³/mol. The molecule has 0 saturated carbocycles. The summed E-state index contributed by atoms with van der Waals surface area (Å²) in [6, 6.07) is 8.77. The Bertz CT molecular complexity index is 639. The highest BCUT2D eigenvalue weighted by molar-refractivity contribution is 5.99. The number of imide groups is 1. The van der Waals surface area contributed by atoms with Gasteiger partial charge < -0.3 is 14.8 Å². The lowest BCUT2D eigenvalue weighted by Gasteiger charge is -2.09. The van der Waals surface area contributed by atoms with Gasteiger partial charge in [-0.1, -0.05) is 30.3 Å². The average Bonchev–Trinajstić information content (AvgIpc) is 2.52. The summed E-state index contributed by atoms with van der Waals surface area (Å²) in [6.45, 7) is 2.23. The number of ether oxygens (including phenoxy) is 2. The van der Waals surface area contributed by atoms with Crippen molar-refractivity contribution in [2.24, 2.45) is 0 Å². The molecule has 0 fully saturated rings. The molecule has 8 nitrogen and oxygen atoms in total. The van der Waals surface area contributed by atoms with Crippen molar-refractivity contribution in [1.29, 1.82) is 0 Å². The highest BCUT2D eigenvalue weighted by Crippen LogP contribution is 2.06. The largest absolute Gasteiger partial charge is 0.451 e. The molecule has 128 valence electrons. The van der Waals surface area contributed by atoms with E-state index in [1.807, 2.05) is 5.32 Å². The first-order chi connectivity index (χ1) is 11.4. The number of nitrogens with one attached hydrogen (secondary N) is 2. The van der Waals surface area contributed by atoms with Crippen LogP contribution in [0.4, 0.5) is 4.79 Å². The summed E-state index contributed by atoms with van der Waals surface area (Å²) in [7, 11) is 0. The third-order valence-corrected chi connectivity index (χ3v) is 2.49. The van der Waals surface area contributed by atoms with Gasteiger partial charge in [-0.3, -0.25) is 14.9 Å². The Kier molecular flexibility index (Phi) is 7.69. The molecule has 0 aliphatic carbocycles. The van der Waals surface area contributed by atoms with E-state index >= 15 is 0 Å². The maximum absolute atomic E-state index is 12.0. The summed E-state index contributed by atoms with van der Waals surface area (Å²) in [6.07, 6.45) is 0.480. The minimum absolute atomic E-state index is 0.103. The van der Waals surface area contributed by atoms with Crippen LogP contribution in [0.5, 0.6) is 0 Å². The molecule has 1 aromatic rings. The minimum atomic E-state index is -0.930. The van der Waals surface area contributed by atoms with Crippen LogP contribution in [0.1, 0.15) is 19.4 Å². The van der Waals surface area contributed by atoms with Gasteiger partial charge in [0.05, 0.1) is 6.61 Å². The zero-order chi connectivity index (χ0) is 17.9. The molecule has 0 spiro atoms.